The Bertz CT molecular complexity index is 1020. The maximum atomic E-state index is 12.9. The van der Waals surface area contributed by atoms with Gasteiger partial charge in [-0.1, -0.05) is 22.9 Å². The van der Waals surface area contributed by atoms with Crippen molar-refractivity contribution in [2.75, 3.05) is 23.3 Å². The smallest absolute Gasteiger partial charge is 0.229 e. The van der Waals surface area contributed by atoms with Crippen molar-refractivity contribution in [2.24, 2.45) is 5.92 Å². The topological polar surface area (TPSA) is 58.1 Å². The molecule has 3 heterocycles. The first-order valence-corrected chi connectivity index (χ1v) is 11.2. The van der Waals surface area contributed by atoms with E-state index in [-0.39, 0.29) is 11.8 Å². The van der Waals surface area contributed by atoms with Crippen LogP contribution in [0.5, 0.6) is 0 Å². The molecule has 7 heteroatoms. The summed E-state index contributed by atoms with van der Waals surface area (Å²) >= 11 is 5.19. The third-order valence-corrected chi connectivity index (χ3v) is 6.93. The molecule has 28 heavy (non-hydrogen) atoms. The van der Waals surface area contributed by atoms with E-state index >= 15 is 0 Å². The zero-order valence-corrected chi connectivity index (χ0v) is 18.4. The predicted molar refractivity (Wildman–Crippen MR) is 119 cm³/mol. The summed E-state index contributed by atoms with van der Waals surface area (Å²) in [4.78, 5) is 26.5. The van der Waals surface area contributed by atoms with E-state index in [1.165, 1.54) is 4.88 Å². The fourth-order valence-electron chi connectivity index (χ4n) is 3.70. The van der Waals surface area contributed by atoms with Gasteiger partial charge in [0.15, 0.2) is 0 Å². The van der Waals surface area contributed by atoms with E-state index < -0.39 is 0 Å². The number of fused-ring (bicyclic) bond motifs is 1. The zero-order valence-electron chi connectivity index (χ0n) is 16.0. The first-order valence-electron chi connectivity index (χ1n) is 9.60. The van der Waals surface area contributed by atoms with Gasteiger partial charge in [-0.15, -0.1) is 11.3 Å². The Morgan fingerprint density at radius 1 is 1.36 bits per heavy atom. The number of halogens is 1. The van der Waals surface area contributed by atoms with Gasteiger partial charge < -0.3 is 10.2 Å². The van der Waals surface area contributed by atoms with Crippen LogP contribution in [-0.2, 0) is 11.2 Å². The first-order chi connectivity index (χ1) is 13.5. The number of carbonyl (C=O) groups excluding carboxylic acids is 1. The van der Waals surface area contributed by atoms with E-state index in [0.717, 1.165) is 57.6 Å². The number of aryl methyl sites for hydroxylation is 2. The fraction of sp³-hybridized carbons (Fsp3) is 0.381. The lowest BCUT2D eigenvalue weighted by Crippen LogP contribution is -2.41. The Morgan fingerprint density at radius 3 is 3.00 bits per heavy atom. The van der Waals surface area contributed by atoms with Crippen LogP contribution in [0.2, 0.25) is 0 Å². The second-order valence-corrected chi connectivity index (χ2v) is 9.25. The van der Waals surface area contributed by atoms with Crippen molar-refractivity contribution in [3.8, 4) is 0 Å². The highest BCUT2D eigenvalue weighted by Gasteiger charge is 2.28. The van der Waals surface area contributed by atoms with Crippen LogP contribution in [0, 0.1) is 12.8 Å². The second-order valence-electron chi connectivity index (χ2n) is 7.22. The standard InChI is InChI=1S/C21H23BrN4OS/c1-3-16-10-17-19(23-12-24-21(17)28-16)26-8-4-5-14(11-26)20(27)25-18-7-6-15(22)9-13(18)2/h6-7,9-10,12,14H,3-5,8,11H2,1-2H3,(H,25,27)/t14-/m0/s1. The van der Waals surface area contributed by atoms with Gasteiger partial charge >= 0.3 is 0 Å². The van der Waals surface area contributed by atoms with Crippen LogP contribution in [0.4, 0.5) is 11.5 Å². The molecular weight excluding hydrogens is 436 g/mol. The number of rotatable bonds is 4. The summed E-state index contributed by atoms with van der Waals surface area (Å²) in [6, 6.07) is 8.12. The third kappa shape index (κ3) is 3.91. The van der Waals surface area contributed by atoms with E-state index in [0.29, 0.717) is 6.54 Å². The quantitative estimate of drug-likeness (QED) is 0.584. The third-order valence-electron chi connectivity index (χ3n) is 5.25. The van der Waals surface area contributed by atoms with Crippen LogP contribution >= 0.6 is 27.3 Å². The van der Waals surface area contributed by atoms with Gasteiger partial charge in [-0.2, -0.15) is 0 Å². The number of nitrogens with one attached hydrogen (secondary N) is 1. The van der Waals surface area contributed by atoms with E-state index in [4.69, 9.17) is 0 Å². The largest absolute Gasteiger partial charge is 0.355 e. The molecule has 0 unspecified atom stereocenters. The van der Waals surface area contributed by atoms with Crippen molar-refractivity contribution in [1.29, 1.82) is 0 Å². The molecule has 0 spiro atoms. The van der Waals surface area contributed by atoms with Crippen molar-refractivity contribution in [2.45, 2.75) is 33.1 Å². The lowest BCUT2D eigenvalue weighted by Gasteiger charge is -2.33. The molecular formula is C21H23BrN4OS. The van der Waals surface area contributed by atoms with Gasteiger partial charge in [0.2, 0.25) is 5.91 Å². The van der Waals surface area contributed by atoms with E-state index in [9.17, 15) is 4.79 Å². The zero-order chi connectivity index (χ0) is 19.7. The fourth-order valence-corrected chi connectivity index (χ4v) is 5.11. The average molecular weight is 459 g/mol. The number of hydrogen-bond acceptors (Lipinski definition) is 5. The van der Waals surface area contributed by atoms with Crippen LogP contribution < -0.4 is 10.2 Å². The second kappa shape index (κ2) is 8.17. The normalized spacial score (nSPS) is 17.1. The summed E-state index contributed by atoms with van der Waals surface area (Å²) in [5.41, 5.74) is 1.93. The number of piperidine rings is 1. The SMILES string of the molecule is CCc1cc2c(N3CCC[C@H](C(=O)Nc4ccc(Br)cc4C)C3)ncnc2s1. The Labute approximate surface area is 177 Å². The minimum absolute atomic E-state index is 0.0499. The van der Waals surface area contributed by atoms with Crippen molar-refractivity contribution < 1.29 is 4.79 Å². The molecule has 1 saturated heterocycles. The van der Waals surface area contributed by atoms with Crippen molar-refractivity contribution in [3.05, 3.63) is 45.5 Å². The molecule has 0 bridgehead atoms. The number of carbonyl (C=O) groups is 1. The van der Waals surface area contributed by atoms with Crippen molar-refractivity contribution in [3.63, 3.8) is 0 Å². The van der Waals surface area contributed by atoms with E-state index in [2.05, 4.69) is 49.1 Å². The monoisotopic (exact) mass is 458 g/mol. The van der Waals surface area contributed by atoms with Gasteiger partial charge in [-0.25, -0.2) is 9.97 Å². The molecule has 0 aliphatic carbocycles. The molecule has 3 aromatic rings. The van der Waals surface area contributed by atoms with Gasteiger partial charge in [0, 0.05) is 28.1 Å². The van der Waals surface area contributed by atoms with Gasteiger partial charge in [0.1, 0.15) is 17.0 Å². The molecule has 0 radical (unpaired) electrons. The molecule has 1 N–H and O–H groups in total. The first kappa shape index (κ1) is 19.3. The molecule has 0 saturated carbocycles. The minimum Gasteiger partial charge on any atom is -0.355 e. The Kier molecular flexibility index (Phi) is 5.64. The molecule has 1 fully saturated rings. The van der Waals surface area contributed by atoms with Gasteiger partial charge in [-0.3, -0.25) is 4.79 Å². The number of amides is 1. The number of nitrogens with zero attached hydrogens (tertiary/aromatic N) is 3. The number of benzene rings is 1. The number of anilines is 2. The maximum Gasteiger partial charge on any atom is 0.229 e. The van der Waals surface area contributed by atoms with Gasteiger partial charge in [0.05, 0.1) is 11.3 Å². The number of aromatic nitrogens is 2. The summed E-state index contributed by atoms with van der Waals surface area (Å²) in [7, 11) is 0. The molecule has 1 aliphatic rings. The van der Waals surface area contributed by atoms with Crippen LogP contribution in [0.15, 0.2) is 35.1 Å². The van der Waals surface area contributed by atoms with E-state index in [1.54, 1.807) is 17.7 Å². The number of thiophene rings is 1. The van der Waals surface area contributed by atoms with Crippen molar-refractivity contribution in [1.82, 2.24) is 9.97 Å². The Hall–Kier alpha value is -1.99. The molecule has 2 aromatic heterocycles. The summed E-state index contributed by atoms with van der Waals surface area (Å²) in [5.74, 6) is 0.990. The minimum atomic E-state index is -0.0499. The molecule has 1 amide bonds. The average Bonchev–Trinajstić information content (AvgIpc) is 3.13. The molecule has 146 valence electrons. The Morgan fingerprint density at radius 2 is 2.21 bits per heavy atom. The molecule has 4 rings (SSSR count). The molecule has 1 aliphatic heterocycles. The van der Waals surface area contributed by atoms with Crippen molar-refractivity contribution >= 4 is 54.9 Å². The van der Waals surface area contributed by atoms with E-state index in [1.807, 2.05) is 25.1 Å². The van der Waals surface area contributed by atoms with Crippen LogP contribution in [0.3, 0.4) is 0 Å². The molecule has 5 nitrogen and oxygen atoms in total. The summed E-state index contributed by atoms with van der Waals surface area (Å²) in [5, 5.41) is 4.22. The predicted octanol–water partition coefficient (Wildman–Crippen LogP) is 5.18. The highest BCUT2D eigenvalue weighted by molar-refractivity contribution is 9.10. The lowest BCUT2D eigenvalue weighted by molar-refractivity contribution is -0.120. The molecule has 1 atom stereocenters. The maximum absolute atomic E-state index is 12.9. The molecule has 1 aromatic carbocycles. The number of hydrogen-bond donors (Lipinski definition) is 1. The van der Waals surface area contributed by atoms with Gasteiger partial charge in [-0.05, 0) is 56.0 Å². The summed E-state index contributed by atoms with van der Waals surface area (Å²) in [6.45, 7) is 5.77. The van der Waals surface area contributed by atoms with Crippen LogP contribution in [-0.4, -0.2) is 29.0 Å². The van der Waals surface area contributed by atoms with Gasteiger partial charge in [0.25, 0.3) is 0 Å². The van der Waals surface area contributed by atoms with Crippen LogP contribution in [0.25, 0.3) is 10.2 Å². The Balaban J connectivity index is 1.53. The summed E-state index contributed by atoms with van der Waals surface area (Å²) < 4.78 is 1.02. The highest BCUT2D eigenvalue weighted by Crippen LogP contribution is 2.33. The summed E-state index contributed by atoms with van der Waals surface area (Å²) in [6.07, 6.45) is 4.52. The van der Waals surface area contributed by atoms with Crippen LogP contribution in [0.1, 0.15) is 30.2 Å². The highest BCUT2D eigenvalue weighted by atomic mass is 79.9. The lowest BCUT2D eigenvalue weighted by atomic mass is 9.96.